The first kappa shape index (κ1) is 43.9. The fraction of sp³-hybridized carbons (Fsp3) is 0.385. The molecule has 0 spiro atoms. The number of carbonyl (C=O) groups excluding carboxylic acids is 6. The van der Waals surface area contributed by atoms with Gasteiger partial charge < -0.3 is 28.4 Å². The molecule has 0 saturated carbocycles. The summed E-state index contributed by atoms with van der Waals surface area (Å²) in [5.74, 6) is 0.633. The number of rotatable bonds is 22. The molecule has 0 atom stereocenters. The lowest BCUT2D eigenvalue weighted by atomic mass is 9.88. The monoisotopic (exact) mass is 800 g/mol. The summed E-state index contributed by atoms with van der Waals surface area (Å²) < 4.78 is 32.0. The van der Waals surface area contributed by atoms with E-state index in [9.17, 15) is 28.8 Å². The summed E-state index contributed by atoms with van der Waals surface area (Å²) in [5.41, 5.74) is 0.324. The van der Waals surface area contributed by atoms with Crippen molar-refractivity contribution in [1.82, 2.24) is 0 Å². The van der Waals surface area contributed by atoms with Crippen LogP contribution in [0, 0.1) is 5.41 Å². The van der Waals surface area contributed by atoms with Gasteiger partial charge in [-0.1, -0.05) is 42.2 Å². The van der Waals surface area contributed by atoms with Crippen LogP contribution < -0.4 is 14.2 Å². The molecule has 0 aliphatic heterocycles. The van der Waals surface area contributed by atoms with E-state index in [1.165, 1.54) is 21.3 Å². The highest BCUT2D eigenvalue weighted by molar-refractivity contribution is 8.14. The van der Waals surface area contributed by atoms with Crippen molar-refractivity contribution in [2.75, 3.05) is 58.4 Å². The van der Waals surface area contributed by atoms with Crippen LogP contribution in [0.5, 0.6) is 17.2 Å². The number of hydrogen-bond acceptors (Lipinski definition) is 15. The first-order chi connectivity index (χ1) is 26.0. The Balaban J connectivity index is 1.53. The largest absolute Gasteiger partial charge is 0.497 e. The molecule has 0 bridgehead atoms. The van der Waals surface area contributed by atoms with E-state index in [0.29, 0.717) is 40.4 Å². The quantitative estimate of drug-likeness (QED) is 0.0761. The summed E-state index contributed by atoms with van der Waals surface area (Å²) in [7, 11) is 4.59. The maximum Gasteiger partial charge on any atom is 0.306 e. The van der Waals surface area contributed by atoms with Crippen molar-refractivity contribution in [2.24, 2.45) is 5.41 Å². The van der Waals surface area contributed by atoms with E-state index in [2.05, 4.69) is 0 Å². The molecule has 3 aromatic rings. The van der Waals surface area contributed by atoms with E-state index in [0.717, 1.165) is 35.3 Å². The van der Waals surface area contributed by atoms with Crippen LogP contribution in [0.1, 0.15) is 63.7 Å². The molecule has 0 radical (unpaired) electrons. The fourth-order valence-corrected chi connectivity index (χ4v) is 6.73. The van der Waals surface area contributed by atoms with Crippen molar-refractivity contribution in [3.63, 3.8) is 0 Å². The first-order valence-electron chi connectivity index (χ1n) is 16.9. The number of carbonyl (C=O) groups is 6. The van der Waals surface area contributed by atoms with Crippen LogP contribution in [0.3, 0.4) is 0 Å². The topological polar surface area (TPSA) is 158 Å². The number of hydrogen-bond donors (Lipinski definition) is 0. The van der Waals surface area contributed by atoms with Gasteiger partial charge >= 0.3 is 17.9 Å². The molecular formula is C39H44O12S3. The first-order valence-corrected chi connectivity index (χ1v) is 19.9. The number of methoxy groups -OCH3 is 3. The SMILES string of the molecule is CCC(COC(=O)CCSC(=O)c1ccc(OC)cc1)(COC(=O)CCSC(=O)c1ccc(OC)cc1)COC(=O)CCSC(=O)c1ccc(OC)cc1. The molecule has 0 amide bonds. The Morgan fingerprint density at radius 1 is 0.463 bits per heavy atom. The molecule has 0 saturated heterocycles. The molecule has 15 heteroatoms. The van der Waals surface area contributed by atoms with Gasteiger partial charge in [0.05, 0.1) is 46.0 Å². The van der Waals surface area contributed by atoms with Gasteiger partial charge in [-0.2, -0.15) is 0 Å². The van der Waals surface area contributed by atoms with E-state index < -0.39 is 23.3 Å². The van der Waals surface area contributed by atoms with Crippen molar-refractivity contribution in [2.45, 2.75) is 32.6 Å². The van der Waals surface area contributed by atoms with Crippen molar-refractivity contribution in [1.29, 1.82) is 0 Å². The standard InChI is InChI=1S/C39H44O12S3/c1-5-39(24-49-33(40)18-21-52-36(43)27-6-12-30(46-2)13-7-27,25-50-34(41)19-22-53-37(44)28-8-14-31(47-3)15-9-28)26-51-35(42)20-23-54-38(45)29-10-16-32(48-4)17-11-29/h6-17H,5,18-26H2,1-4H3. The van der Waals surface area contributed by atoms with Gasteiger partial charge in [-0.3, -0.25) is 28.8 Å². The molecular weight excluding hydrogens is 757 g/mol. The molecule has 3 aromatic carbocycles. The number of esters is 3. The van der Waals surface area contributed by atoms with Gasteiger partial charge in [-0.15, -0.1) is 0 Å². The number of thioether (sulfide) groups is 3. The highest BCUT2D eigenvalue weighted by Crippen LogP contribution is 2.26. The minimum atomic E-state index is -1.08. The number of ether oxygens (including phenoxy) is 6. The van der Waals surface area contributed by atoms with Crippen LogP contribution >= 0.6 is 35.3 Å². The second-order valence-electron chi connectivity index (χ2n) is 11.7. The third-order valence-electron chi connectivity index (χ3n) is 7.96. The third-order valence-corrected chi connectivity index (χ3v) is 10.7. The van der Waals surface area contributed by atoms with E-state index in [1.807, 2.05) is 0 Å². The Morgan fingerprint density at radius 3 is 0.944 bits per heavy atom. The average molecular weight is 801 g/mol. The molecule has 0 aliphatic carbocycles. The lowest BCUT2D eigenvalue weighted by Crippen LogP contribution is -2.39. The van der Waals surface area contributed by atoms with Crippen molar-refractivity contribution in [3.8, 4) is 17.2 Å². The summed E-state index contributed by atoms with van der Waals surface area (Å²) in [4.78, 5) is 75.8. The van der Waals surface area contributed by atoms with Crippen LogP contribution in [0.2, 0.25) is 0 Å². The summed E-state index contributed by atoms with van der Waals surface area (Å²) in [6, 6.07) is 19.9. The molecule has 0 fully saturated rings. The van der Waals surface area contributed by atoms with Gasteiger partial charge in [-0.05, 0) is 79.2 Å². The molecule has 12 nitrogen and oxygen atoms in total. The van der Waals surface area contributed by atoms with Crippen LogP contribution in [0.25, 0.3) is 0 Å². The van der Waals surface area contributed by atoms with Crippen LogP contribution in [-0.4, -0.2) is 91.7 Å². The Kier molecular flexibility index (Phi) is 19.0. The van der Waals surface area contributed by atoms with Crippen molar-refractivity contribution >= 4 is 68.5 Å². The Morgan fingerprint density at radius 2 is 0.722 bits per heavy atom. The third kappa shape index (κ3) is 15.1. The minimum absolute atomic E-state index is 0.0647. The summed E-state index contributed by atoms with van der Waals surface area (Å²) >= 11 is 2.93. The molecule has 0 unspecified atom stereocenters. The van der Waals surface area contributed by atoms with E-state index in [4.69, 9.17) is 28.4 Å². The van der Waals surface area contributed by atoms with Crippen LogP contribution in [-0.2, 0) is 28.6 Å². The Bertz CT molecular complexity index is 1500. The zero-order chi connectivity index (χ0) is 39.3. The van der Waals surface area contributed by atoms with Crippen molar-refractivity contribution in [3.05, 3.63) is 89.5 Å². The van der Waals surface area contributed by atoms with Crippen molar-refractivity contribution < 1.29 is 57.2 Å². The van der Waals surface area contributed by atoms with E-state index in [1.54, 1.807) is 79.7 Å². The molecule has 0 aliphatic rings. The lowest BCUT2D eigenvalue weighted by Gasteiger charge is -2.31. The molecule has 0 aromatic heterocycles. The van der Waals surface area contributed by atoms with Gasteiger partial charge in [-0.25, -0.2) is 0 Å². The van der Waals surface area contributed by atoms with Gasteiger partial charge in [0.1, 0.15) is 37.1 Å². The highest BCUT2D eigenvalue weighted by Gasteiger charge is 2.34. The van der Waals surface area contributed by atoms with Crippen LogP contribution in [0.4, 0.5) is 0 Å². The number of benzene rings is 3. The highest BCUT2D eigenvalue weighted by atomic mass is 32.2. The zero-order valence-corrected chi connectivity index (χ0v) is 33.1. The Labute approximate surface area is 327 Å². The summed E-state index contributed by atoms with van der Waals surface area (Å²) in [6.07, 6.45) is 0.113. The minimum Gasteiger partial charge on any atom is -0.497 e. The Hall–Kier alpha value is -4.47. The van der Waals surface area contributed by atoms with Gasteiger partial charge in [0.2, 0.25) is 15.3 Å². The summed E-state index contributed by atoms with van der Waals surface area (Å²) in [6.45, 7) is 1.10. The molecule has 0 heterocycles. The fourth-order valence-electron chi connectivity index (χ4n) is 4.46. The van der Waals surface area contributed by atoms with Gasteiger partial charge in [0.15, 0.2) is 0 Å². The normalized spacial score (nSPS) is 10.9. The van der Waals surface area contributed by atoms with E-state index in [-0.39, 0.29) is 71.7 Å². The summed E-state index contributed by atoms with van der Waals surface area (Å²) in [5, 5.41) is -0.625. The predicted molar refractivity (Wildman–Crippen MR) is 209 cm³/mol. The predicted octanol–water partition coefficient (Wildman–Crippen LogP) is 6.93. The smallest absolute Gasteiger partial charge is 0.306 e. The zero-order valence-electron chi connectivity index (χ0n) is 30.6. The lowest BCUT2D eigenvalue weighted by molar-refractivity contribution is -0.161. The average Bonchev–Trinajstić information content (AvgIpc) is 3.20. The van der Waals surface area contributed by atoms with E-state index >= 15 is 0 Å². The second-order valence-corrected chi connectivity index (χ2v) is 14.9. The second kappa shape index (κ2) is 23.3. The molecule has 0 N–H and O–H groups in total. The van der Waals surface area contributed by atoms with Gasteiger partial charge in [0, 0.05) is 33.9 Å². The molecule has 54 heavy (non-hydrogen) atoms. The van der Waals surface area contributed by atoms with Crippen LogP contribution in [0.15, 0.2) is 72.8 Å². The molecule has 290 valence electrons. The molecule has 3 rings (SSSR count). The maximum atomic E-state index is 12.7. The maximum absolute atomic E-state index is 12.7. The van der Waals surface area contributed by atoms with Gasteiger partial charge in [0.25, 0.3) is 0 Å².